The van der Waals surface area contributed by atoms with E-state index in [9.17, 15) is 17.6 Å². The molecule has 0 bridgehead atoms. The van der Waals surface area contributed by atoms with Crippen LogP contribution in [0.15, 0.2) is 41.3 Å². The van der Waals surface area contributed by atoms with Gasteiger partial charge in [0.15, 0.2) is 0 Å². The Morgan fingerprint density at radius 1 is 1.22 bits per heavy atom. The van der Waals surface area contributed by atoms with Crippen LogP contribution in [0.25, 0.3) is 0 Å². The lowest BCUT2D eigenvalue weighted by Gasteiger charge is -2.20. The van der Waals surface area contributed by atoms with E-state index in [1.165, 1.54) is 0 Å². The molecule has 0 atom stereocenters. The highest BCUT2D eigenvalue weighted by atomic mass is 35.5. The standard InChI is InChI=1S/C15H11ClFNO4S/c16-10-2-1-9-5-6-18(14(9)7-10)23(21,22)11-3-4-13(17)12(8-11)15(19)20/h1-4,7-8H,5-6H2,(H,19,20). The molecule has 8 heteroatoms. The van der Waals surface area contributed by atoms with Crippen molar-refractivity contribution < 1.29 is 22.7 Å². The van der Waals surface area contributed by atoms with E-state index in [0.717, 1.165) is 28.1 Å². The summed E-state index contributed by atoms with van der Waals surface area (Å²) in [5.41, 5.74) is 0.605. The van der Waals surface area contributed by atoms with Crippen LogP contribution in [0.1, 0.15) is 15.9 Å². The highest BCUT2D eigenvalue weighted by molar-refractivity contribution is 7.92. The lowest BCUT2D eigenvalue weighted by Crippen LogP contribution is -2.29. The second-order valence-corrected chi connectivity index (χ2v) is 7.35. The number of halogens is 2. The molecule has 0 radical (unpaired) electrons. The Balaban J connectivity index is 2.10. The number of fused-ring (bicyclic) bond motifs is 1. The van der Waals surface area contributed by atoms with Crippen LogP contribution in [0.5, 0.6) is 0 Å². The fourth-order valence-corrected chi connectivity index (χ4v) is 4.22. The fourth-order valence-electron chi connectivity index (χ4n) is 2.53. The molecule has 1 aliphatic rings. The molecule has 0 amide bonds. The van der Waals surface area contributed by atoms with Crippen LogP contribution in [-0.4, -0.2) is 26.0 Å². The summed E-state index contributed by atoms with van der Waals surface area (Å²) in [6.45, 7) is 0.220. The van der Waals surface area contributed by atoms with E-state index in [1.807, 2.05) is 0 Å². The lowest BCUT2D eigenvalue weighted by molar-refractivity contribution is 0.0691. The van der Waals surface area contributed by atoms with Crippen LogP contribution in [-0.2, 0) is 16.4 Å². The maximum Gasteiger partial charge on any atom is 0.338 e. The Bertz CT molecular complexity index is 914. The minimum absolute atomic E-state index is 0.220. The maximum absolute atomic E-state index is 13.5. The third-order valence-electron chi connectivity index (χ3n) is 3.66. The second kappa shape index (κ2) is 5.50. The van der Waals surface area contributed by atoms with Crippen molar-refractivity contribution in [1.29, 1.82) is 0 Å². The number of hydrogen-bond acceptors (Lipinski definition) is 3. The zero-order valence-corrected chi connectivity index (χ0v) is 13.2. The summed E-state index contributed by atoms with van der Waals surface area (Å²) >= 11 is 5.92. The monoisotopic (exact) mass is 355 g/mol. The topological polar surface area (TPSA) is 74.7 Å². The lowest BCUT2D eigenvalue weighted by atomic mass is 10.2. The van der Waals surface area contributed by atoms with Gasteiger partial charge >= 0.3 is 5.97 Å². The summed E-state index contributed by atoms with van der Waals surface area (Å²) < 4.78 is 40.2. The Hall–Kier alpha value is -2.12. The van der Waals surface area contributed by atoms with Gasteiger partial charge in [0.2, 0.25) is 0 Å². The normalized spacial score (nSPS) is 13.9. The summed E-state index contributed by atoms with van der Waals surface area (Å²) in [7, 11) is -4.00. The van der Waals surface area contributed by atoms with Gasteiger partial charge in [-0.2, -0.15) is 0 Å². The smallest absolute Gasteiger partial charge is 0.338 e. The number of benzene rings is 2. The molecule has 0 fully saturated rings. The maximum atomic E-state index is 13.5. The Morgan fingerprint density at radius 2 is 1.96 bits per heavy atom. The van der Waals surface area contributed by atoms with Gasteiger partial charge < -0.3 is 5.11 Å². The van der Waals surface area contributed by atoms with Gasteiger partial charge in [-0.3, -0.25) is 4.31 Å². The van der Waals surface area contributed by atoms with Crippen molar-refractivity contribution in [1.82, 2.24) is 0 Å². The average molecular weight is 356 g/mol. The summed E-state index contributed by atoms with van der Waals surface area (Å²) in [6, 6.07) is 7.70. The van der Waals surface area contributed by atoms with Crippen LogP contribution in [0.3, 0.4) is 0 Å². The minimum Gasteiger partial charge on any atom is -0.478 e. The van der Waals surface area contributed by atoms with Crippen LogP contribution in [0.2, 0.25) is 5.02 Å². The highest BCUT2D eigenvalue weighted by Crippen LogP contribution is 2.35. The van der Waals surface area contributed by atoms with E-state index >= 15 is 0 Å². The molecule has 0 spiro atoms. The molecule has 2 aromatic carbocycles. The first-order chi connectivity index (χ1) is 10.8. The molecule has 1 heterocycles. The van der Waals surface area contributed by atoms with Gasteiger partial charge in [0.25, 0.3) is 10.0 Å². The van der Waals surface area contributed by atoms with Crippen molar-refractivity contribution in [3.05, 3.63) is 58.4 Å². The third kappa shape index (κ3) is 2.66. The van der Waals surface area contributed by atoms with Crippen molar-refractivity contribution in [2.24, 2.45) is 0 Å². The molecule has 0 saturated carbocycles. The van der Waals surface area contributed by atoms with Crippen molar-refractivity contribution >= 4 is 33.3 Å². The summed E-state index contributed by atoms with van der Waals surface area (Å²) in [5.74, 6) is -2.51. The van der Waals surface area contributed by atoms with E-state index in [-0.39, 0.29) is 11.4 Å². The summed E-state index contributed by atoms with van der Waals surface area (Å²) in [4.78, 5) is 10.7. The minimum atomic E-state index is -4.00. The molecular formula is C15H11ClFNO4S. The predicted octanol–water partition coefficient (Wildman–Crippen LogP) is 2.93. The molecule has 0 aromatic heterocycles. The number of sulfonamides is 1. The molecule has 2 aromatic rings. The first kappa shape index (κ1) is 15.8. The largest absolute Gasteiger partial charge is 0.478 e. The molecule has 1 N–H and O–H groups in total. The Kier molecular flexibility index (Phi) is 3.77. The van der Waals surface area contributed by atoms with Gasteiger partial charge in [-0.1, -0.05) is 17.7 Å². The molecule has 1 aliphatic heterocycles. The zero-order chi connectivity index (χ0) is 16.8. The zero-order valence-electron chi connectivity index (χ0n) is 11.7. The number of carboxylic acid groups (broad SMARTS) is 1. The van der Waals surface area contributed by atoms with E-state index in [2.05, 4.69) is 0 Å². The van der Waals surface area contributed by atoms with Crippen molar-refractivity contribution in [3.63, 3.8) is 0 Å². The number of carbonyl (C=O) groups is 1. The number of rotatable bonds is 3. The van der Waals surface area contributed by atoms with Gasteiger partial charge in [0.05, 0.1) is 16.1 Å². The van der Waals surface area contributed by atoms with Gasteiger partial charge in [0, 0.05) is 11.6 Å². The fraction of sp³-hybridized carbons (Fsp3) is 0.133. The molecule has 3 rings (SSSR count). The van der Waals surface area contributed by atoms with E-state index in [4.69, 9.17) is 16.7 Å². The number of hydrogen-bond donors (Lipinski definition) is 1. The van der Waals surface area contributed by atoms with Crippen LogP contribution in [0.4, 0.5) is 10.1 Å². The average Bonchev–Trinajstić information content (AvgIpc) is 2.90. The molecule has 5 nitrogen and oxygen atoms in total. The van der Waals surface area contributed by atoms with Crippen LogP contribution >= 0.6 is 11.6 Å². The molecule has 23 heavy (non-hydrogen) atoms. The summed E-state index contributed by atoms with van der Waals surface area (Å²) in [5, 5.41) is 9.35. The highest BCUT2D eigenvalue weighted by Gasteiger charge is 2.31. The summed E-state index contributed by atoms with van der Waals surface area (Å²) in [6.07, 6.45) is 0.527. The molecular weight excluding hydrogens is 345 g/mol. The van der Waals surface area contributed by atoms with Gasteiger partial charge in [-0.15, -0.1) is 0 Å². The molecule has 120 valence electrons. The SMILES string of the molecule is O=C(O)c1cc(S(=O)(=O)N2CCc3ccc(Cl)cc32)ccc1F. The second-order valence-electron chi connectivity index (χ2n) is 5.05. The predicted molar refractivity (Wildman–Crippen MR) is 83.0 cm³/mol. The van der Waals surface area contributed by atoms with Crippen LogP contribution in [0, 0.1) is 5.82 Å². The van der Waals surface area contributed by atoms with Crippen molar-refractivity contribution in [2.75, 3.05) is 10.8 Å². The Morgan fingerprint density at radius 3 is 2.65 bits per heavy atom. The third-order valence-corrected chi connectivity index (χ3v) is 5.70. The van der Waals surface area contributed by atoms with Crippen molar-refractivity contribution in [2.45, 2.75) is 11.3 Å². The molecule has 0 saturated heterocycles. The van der Waals surface area contributed by atoms with Gasteiger partial charge in [0.1, 0.15) is 5.82 Å². The number of anilines is 1. The Labute approximate surface area is 137 Å². The molecule has 0 aliphatic carbocycles. The number of nitrogens with zero attached hydrogens (tertiary/aromatic N) is 1. The van der Waals surface area contributed by atoms with Crippen LogP contribution < -0.4 is 4.31 Å². The van der Waals surface area contributed by atoms with Gasteiger partial charge in [-0.25, -0.2) is 17.6 Å². The quantitative estimate of drug-likeness (QED) is 0.918. The molecule has 0 unspecified atom stereocenters. The van der Waals surface area contributed by atoms with E-state index < -0.39 is 27.4 Å². The van der Waals surface area contributed by atoms with E-state index in [0.29, 0.717) is 17.1 Å². The first-order valence-corrected chi connectivity index (χ1v) is 8.46. The first-order valence-electron chi connectivity index (χ1n) is 6.65. The van der Waals surface area contributed by atoms with Gasteiger partial charge in [-0.05, 0) is 42.3 Å². The van der Waals surface area contributed by atoms with E-state index in [1.54, 1.807) is 18.2 Å². The van der Waals surface area contributed by atoms with Crippen molar-refractivity contribution in [3.8, 4) is 0 Å². The number of aromatic carboxylic acids is 1. The number of carboxylic acids is 1.